The fraction of sp³-hybridized carbons (Fsp3) is 0.548. The van der Waals surface area contributed by atoms with Gasteiger partial charge in [0.2, 0.25) is 29.5 Å². The molecule has 0 radical (unpaired) electrons. The van der Waals surface area contributed by atoms with Gasteiger partial charge in [0.15, 0.2) is 0 Å². The molecule has 4 aliphatic rings. The van der Waals surface area contributed by atoms with Crippen LogP contribution in [0.3, 0.4) is 0 Å². The second kappa shape index (κ2) is 18.2. The number of carbonyl (C=O) groups excluding carboxylic acids is 7. The molecule has 15 nitrogen and oxygen atoms in total. The van der Waals surface area contributed by atoms with Crippen molar-refractivity contribution in [2.24, 2.45) is 5.92 Å². The summed E-state index contributed by atoms with van der Waals surface area (Å²) in [4.78, 5) is 102. The van der Waals surface area contributed by atoms with Gasteiger partial charge in [-0.1, -0.05) is 55.8 Å². The van der Waals surface area contributed by atoms with Crippen molar-refractivity contribution in [1.82, 2.24) is 30.7 Å². The lowest BCUT2D eigenvalue weighted by Crippen LogP contribution is -2.62. The normalized spacial score (nSPS) is 26.5. The zero-order valence-corrected chi connectivity index (χ0v) is 33.3. The molecule has 4 N–H and O–H groups in total. The van der Waals surface area contributed by atoms with Gasteiger partial charge in [-0.25, -0.2) is 9.59 Å². The number of nitrogens with zero attached hydrogens (tertiary/aromatic N) is 3. The number of cyclic esters (lactones) is 1. The van der Waals surface area contributed by atoms with Crippen LogP contribution in [0, 0.1) is 12.8 Å². The second-order valence-electron chi connectivity index (χ2n) is 15.9. The fourth-order valence-electron chi connectivity index (χ4n) is 8.42. The molecule has 2 aromatic carbocycles. The molecular weight excluding hydrogens is 731 g/mol. The monoisotopic (exact) mass is 785 g/mol. The lowest BCUT2D eigenvalue weighted by molar-refractivity contribution is -0.158. The van der Waals surface area contributed by atoms with Gasteiger partial charge < -0.3 is 40.7 Å². The van der Waals surface area contributed by atoms with Gasteiger partial charge in [0.05, 0.1) is 0 Å². The van der Waals surface area contributed by atoms with E-state index in [1.807, 2.05) is 57.2 Å². The van der Waals surface area contributed by atoms with Crippen molar-refractivity contribution in [1.29, 1.82) is 0 Å². The number of ether oxygens (including phenoxy) is 1. The molecular formula is C42H55N7O8. The first-order valence-corrected chi connectivity index (χ1v) is 20.2. The molecule has 0 bridgehead atoms. The van der Waals surface area contributed by atoms with E-state index in [0.717, 1.165) is 23.1 Å². The van der Waals surface area contributed by atoms with E-state index >= 15 is 0 Å². The number of hydrogen-bond donors (Lipinski definition) is 4. The molecule has 306 valence electrons. The molecule has 57 heavy (non-hydrogen) atoms. The van der Waals surface area contributed by atoms with Gasteiger partial charge >= 0.3 is 12.0 Å². The molecule has 0 unspecified atom stereocenters. The Morgan fingerprint density at radius 3 is 2.30 bits per heavy atom. The van der Waals surface area contributed by atoms with Crippen molar-refractivity contribution in [2.45, 2.75) is 115 Å². The summed E-state index contributed by atoms with van der Waals surface area (Å²) in [5, 5.41) is 11.1. The van der Waals surface area contributed by atoms with Crippen molar-refractivity contribution >= 4 is 47.2 Å². The third-order valence-corrected chi connectivity index (χ3v) is 11.5. The Kier molecular flexibility index (Phi) is 13.1. The summed E-state index contributed by atoms with van der Waals surface area (Å²) in [7, 11) is 0. The average molecular weight is 786 g/mol. The highest BCUT2D eigenvalue weighted by Crippen LogP contribution is 2.28. The molecule has 4 fully saturated rings. The van der Waals surface area contributed by atoms with Gasteiger partial charge in [-0.15, -0.1) is 0 Å². The van der Waals surface area contributed by atoms with Crippen molar-refractivity contribution in [2.75, 3.05) is 31.6 Å². The zero-order chi connectivity index (χ0) is 40.8. The van der Waals surface area contributed by atoms with Crippen LogP contribution in [0.1, 0.15) is 76.0 Å². The van der Waals surface area contributed by atoms with Crippen LogP contribution < -0.4 is 21.3 Å². The van der Waals surface area contributed by atoms with E-state index in [9.17, 15) is 33.6 Å². The Labute approximate surface area is 333 Å². The first-order chi connectivity index (χ1) is 27.3. The van der Waals surface area contributed by atoms with Crippen LogP contribution in [0.5, 0.6) is 0 Å². The summed E-state index contributed by atoms with van der Waals surface area (Å²) >= 11 is 0. The van der Waals surface area contributed by atoms with Crippen LogP contribution in [0.25, 0.3) is 0 Å². The van der Waals surface area contributed by atoms with Gasteiger partial charge in [0, 0.05) is 31.7 Å². The molecule has 0 aliphatic carbocycles. The standard InChI is InChI=1S/C42H55N7O8/c1-5-28-14-16-30(17-15-28)44-42(56)46-31(22-29-11-8-10-25(2)20-29)36(50)45-32-24-57-41(55)35-21-26(3)23-49(35)38(52)27(4)43-37(51)33-12-6-7-18-47(33)40(54)34-13-9-19-48(34)39(32)53/h8,10-11,14-17,20,26-27,31-35H,5-7,9,12-13,18-19,21-24H2,1-4H3,(H,43,51)(H,45,50)(H2,44,46,56)/t26-,27-,31-,32-,33-,34-,35-/m0/s1. The van der Waals surface area contributed by atoms with Gasteiger partial charge in [-0.05, 0) is 88.0 Å². The van der Waals surface area contributed by atoms with E-state index in [4.69, 9.17) is 4.74 Å². The second-order valence-corrected chi connectivity index (χ2v) is 15.9. The number of piperidine rings is 1. The minimum atomic E-state index is -1.43. The molecule has 6 rings (SSSR count). The molecule has 7 amide bonds. The van der Waals surface area contributed by atoms with E-state index in [1.165, 1.54) is 14.7 Å². The quantitative estimate of drug-likeness (QED) is 0.309. The number of aryl methyl sites for hydroxylation is 2. The number of carbonyl (C=O) groups is 7. The van der Waals surface area contributed by atoms with Crippen LogP contribution >= 0.6 is 0 Å². The SMILES string of the molecule is CCc1ccc(NC(=O)N[C@@H](Cc2cccc(C)c2)C(=O)N[C@H]2COC(=O)[C@@H]3C[C@H](C)CN3C(=O)[C@H](C)NC(=O)[C@@H]3CCCCN3C(=O)[C@@H]3CCCN3C2=O)cc1. The molecule has 4 aliphatic heterocycles. The Hall–Kier alpha value is -5.47. The number of benzene rings is 2. The molecule has 0 saturated carbocycles. The maximum Gasteiger partial charge on any atom is 0.328 e. The van der Waals surface area contributed by atoms with E-state index in [2.05, 4.69) is 21.3 Å². The number of hydrogen-bond acceptors (Lipinski definition) is 8. The molecule has 0 aromatic heterocycles. The summed E-state index contributed by atoms with van der Waals surface area (Å²) in [6.07, 6.45) is 3.87. The van der Waals surface area contributed by atoms with Gasteiger partial charge in [-0.2, -0.15) is 0 Å². The summed E-state index contributed by atoms with van der Waals surface area (Å²) in [6.45, 7) is 7.63. The minimum Gasteiger partial charge on any atom is -0.461 e. The maximum atomic E-state index is 14.6. The van der Waals surface area contributed by atoms with Crippen LogP contribution in [0.2, 0.25) is 0 Å². The van der Waals surface area contributed by atoms with Crippen molar-refractivity contribution in [3.05, 3.63) is 65.2 Å². The fourth-order valence-corrected chi connectivity index (χ4v) is 8.42. The summed E-state index contributed by atoms with van der Waals surface area (Å²) < 4.78 is 5.77. The zero-order valence-electron chi connectivity index (χ0n) is 33.3. The Morgan fingerprint density at radius 1 is 0.842 bits per heavy atom. The topological polar surface area (TPSA) is 187 Å². The first kappa shape index (κ1) is 41.2. The van der Waals surface area contributed by atoms with E-state index < -0.39 is 78.5 Å². The van der Waals surface area contributed by atoms with E-state index in [1.54, 1.807) is 19.1 Å². The van der Waals surface area contributed by atoms with Crippen LogP contribution in [-0.2, 0) is 46.3 Å². The lowest BCUT2D eigenvalue weighted by atomic mass is 9.99. The Bertz CT molecular complexity index is 1850. The van der Waals surface area contributed by atoms with Crippen LogP contribution in [0.15, 0.2) is 48.5 Å². The number of anilines is 1. The molecule has 4 heterocycles. The average Bonchev–Trinajstić information content (AvgIpc) is 3.85. The van der Waals surface area contributed by atoms with E-state index in [0.29, 0.717) is 50.8 Å². The van der Waals surface area contributed by atoms with Crippen LogP contribution in [-0.4, -0.2) is 119 Å². The lowest BCUT2D eigenvalue weighted by Gasteiger charge is -2.39. The smallest absolute Gasteiger partial charge is 0.328 e. The van der Waals surface area contributed by atoms with Crippen molar-refractivity contribution in [3.63, 3.8) is 0 Å². The highest BCUT2D eigenvalue weighted by atomic mass is 16.5. The molecule has 7 atom stereocenters. The summed E-state index contributed by atoms with van der Waals surface area (Å²) in [5.74, 6) is -3.43. The largest absolute Gasteiger partial charge is 0.461 e. The van der Waals surface area contributed by atoms with Crippen molar-refractivity contribution < 1.29 is 38.3 Å². The summed E-state index contributed by atoms with van der Waals surface area (Å²) in [6, 6.07) is 7.91. The third-order valence-electron chi connectivity index (χ3n) is 11.5. The van der Waals surface area contributed by atoms with E-state index in [-0.39, 0.29) is 31.3 Å². The number of nitrogens with one attached hydrogen (secondary N) is 4. The van der Waals surface area contributed by atoms with Gasteiger partial charge in [-0.3, -0.25) is 24.0 Å². The minimum absolute atomic E-state index is 0.0467. The van der Waals surface area contributed by atoms with Crippen LogP contribution in [0.4, 0.5) is 10.5 Å². The highest BCUT2D eigenvalue weighted by Gasteiger charge is 2.46. The first-order valence-electron chi connectivity index (χ1n) is 20.2. The van der Waals surface area contributed by atoms with Gasteiger partial charge in [0.1, 0.15) is 42.9 Å². The number of fused-ring (bicyclic) bond motifs is 3. The molecule has 4 saturated heterocycles. The predicted molar refractivity (Wildman–Crippen MR) is 211 cm³/mol. The molecule has 15 heteroatoms. The predicted octanol–water partition coefficient (Wildman–Crippen LogP) is 2.45. The van der Waals surface area contributed by atoms with Crippen molar-refractivity contribution in [3.8, 4) is 0 Å². The van der Waals surface area contributed by atoms with Gasteiger partial charge in [0.25, 0.3) is 0 Å². The number of esters is 1. The third kappa shape index (κ3) is 9.74. The number of rotatable bonds is 7. The highest BCUT2D eigenvalue weighted by molar-refractivity contribution is 5.98. The summed E-state index contributed by atoms with van der Waals surface area (Å²) in [5.41, 5.74) is 3.34. The maximum absolute atomic E-state index is 14.6. The Morgan fingerprint density at radius 2 is 1.56 bits per heavy atom. The molecule has 0 spiro atoms. The molecule has 2 aromatic rings. The number of urea groups is 1. The Balaban J connectivity index is 1.30. The number of amides is 7.